The van der Waals surface area contributed by atoms with Crippen molar-refractivity contribution in [1.29, 1.82) is 0 Å². The van der Waals surface area contributed by atoms with Gasteiger partial charge < -0.3 is 9.72 Å². The molecule has 124 valence electrons. The van der Waals surface area contributed by atoms with E-state index in [9.17, 15) is 13.2 Å². The van der Waals surface area contributed by atoms with Crippen LogP contribution in [0.1, 0.15) is 29.9 Å². The molecule has 0 unspecified atom stereocenters. The van der Waals surface area contributed by atoms with Gasteiger partial charge in [0.25, 0.3) is 0 Å². The summed E-state index contributed by atoms with van der Waals surface area (Å²) in [6.45, 7) is 0. The predicted molar refractivity (Wildman–Crippen MR) is 86.1 cm³/mol. The summed E-state index contributed by atoms with van der Waals surface area (Å²) < 4.78 is 43.7. The van der Waals surface area contributed by atoms with E-state index in [0.29, 0.717) is 0 Å². The summed E-state index contributed by atoms with van der Waals surface area (Å²) in [6.07, 6.45) is -0.611. The molecule has 1 aliphatic rings. The van der Waals surface area contributed by atoms with E-state index >= 15 is 0 Å². The molecule has 0 bridgehead atoms. The Bertz CT molecular complexity index is 845. The predicted octanol–water partition coefficient (Wildman–Crippen LogP) is 5.51. The SMILES string of the molecule is FC(F)(F)c1ccc(C2CC(Oc3ccc4[nH]ccc4c3)C2)cc1. The van der Waals surface area contributed by atoms with Crippen molar-refractivity contribution in [1.82, 2.24) is 4.98 Å². The molecule has 1 aliphatic carbocycles. The highest BCUT2D eigenvalue weighted by molar-refractivity contribution is 5.80. The molecular formula is C19H16F3NO. The topological polar surface area (TPSA) is 25.0 Å². The lowest BCUT2D eigenvalue weighted by Gasteiger charge is -2.35. The second kappa shape index (κ2) is 5.58. The molecule has 0 radical (unpaired) electrons. The van der Waals surface area contributed by atoms with Gasteiger partial charge in [0.05, 0.1) is 11.7 Å². The molecular weight excluding hydrogens is 315 g/mol. The number of hydrogen-bond acceptors (Lipinski definition) is 1. The summed E-state index contributed by atoms with van der Waals surface area (Å²) in [6, 6.07) is 13.4. The van der Waals surface area contributed by atoms with Gasteiger partial charge in [-0.05, 0) is 60.7 Å². The molecule has 1 saturated carbocycles. The Labute approximate surface area is 137 Å². The van der Waals surface area contributed by atoms with Crippen molar-refractivity contribution in [3.05, 3.63) is 65.9 Å². The van der Waals surface area contributed by atoms with Crippen LogP contribution in [-0.4, -0.2) is 11.1 Å². The van der Waals surface area contributed by atoms with E-state index in [1.54, 1.807) is 12.1 Å². The highest BCUT2D eigenvalue weighted by Crippen LogP contribution is 2.40. The summed E-state index contributed by atoms with van der Waals surface area (Å²) in [5, 5.41) is 1.10. The maximum atomic E-state index is 12.6. The van der Waals surface area contributed by atoms with Crippen LogP contribution in [0, 0.1) is 0 Å². The molecule has 0 amide bonds. The second-order valence-corrected chi connectivity index (χ2v) is 6.25. The van der Waals surface area contributed by atoms with E-state index in [1.807, 2.05) is 30.5 Å². The highest BCUT2D eigenvalue weighted by Gasteiger charge is 2.34. The third kappa shape index (κ3) is 2.86. The summed E-state index contributed by atoms with van der Waals surface area (Å²) in [5.41, 5.74) is 1.42. The molecule has 1 heterocycles. The number of rotatable bonds is 3. The maximum absolute atomic E-state index is 12.6. The minimum atomic E-state index is -4.28. The van der Waals surface area contributed by atoms with Crippen LogP contribution in [0.2, 0.25) is 0 Å². The van der Waals surface area contributed by atoms with Crippen molar-refractivity contribution >= 4 is 10.9 Å². The molecule has 2 nitrogen and oxygen atoms in total. The Hall–Kier alpha value is -2.43. The van der Waals surface area contributed by atoms with Crippen LogP contribution in [0.25, 0.3) is 10.9 Å². The lowest BCUT2D eigenvalue weighted by Crippen LogP contribution is -2.32. The highest BCUT2D eigenvalue weighted by atomic mass is 19.4. The van der Waals surface area contributed by atoms with Gasteiger partial charge >= 0.3 is 6.18 Å². The van der Waals surface area contributed by atoms with Crippen molar-refractivity contribution in [2.75, 3.05) is 0 Å². The van der Waals surface area contributed by atoms with Gasteiger partial charge in [-0.3, -0.25) is 0 Å². The molecule has 1 aromatic heterocycles. The number of halogens is 3. The summed E-state index contributed by atoms with van der Waals surface area (Å²) in [4.78, 5) is 3.14. The van der Waals surface area contributed by atoms with Crippen molar-refractivity contribution in [3.8, 4) is 5.75 Å². The molecule has 1 N–H and O–H groups in total. The molecule has 2 aromatic carbocycles. The summed E-state index contributed by atoms with van der Waals surface area (Å²) in [7, 11) is 0. The molecule has 0 spiro atoms. The molecule has 0 saturated heterocycles. The Balaban J connectivity index is 1.37. The number of H-pyrrole nitrogens is 1. The van der Waals surface area contributed by atoms with Crippen LogP contribution < -0.4 is 4.74 Å². The second-order valence-electron chi connectivity index (χ2n) is 6.25. The van der Waals surface area contributed by atoms with E-state index in [0.717, 1.165) is 47.2 Å². The van der Waals surface area contributed by atoms with Crippen molar-refractivity contribution < 1.29 is 17.9 Å². The smallest absolute Gasteiger partial charge is 0.416 e. The van der Waals surface area contributed by atoms with Gasteiger partial charge in [-0.25, -0.2) is 0 Å². The molecule has 3 aromatic rings. The maximum Gasteiger partial charge on any atom is 0.416 e. The molecule has 0 atom stereocenters. The Morgan fingerprint density at radius 2 is 1.71 bits per heavy atom. The van der Waals surface area contributed by atoms with Crippen LogP contribution in [0.5, 0.6) is 5.75 Å². The number of aromatic amines is 1. The lowest BCUT2D eigenvalue weighted by atomic mass is 9.77. The molecule has 4 rings (SSSR count). The number of hydrogen-bond donors (Lipinski definition) is 1. The van der Waals surface area contributed by atoms with Gasteiger partial charge in [-0.2, -0.15) is 13.2 Å². The number of alkyl halides is 3. The zero-order valence-corrected chi connectivity index (χ0v) is 12.8. The van der Waals surface area contributed by atoms with Gasteiger partial charge in [0.15, 0.2) is 0 Å². The minimum absolute atomic E-state index is 0.119. The van der Waals surface area contributed by atoms with Crippen LogP contribution in [-0.2, 0) is 6.18 Å². The quantitative estimate of drug-likeness (QED) is 0.672. The number of aromatic nitrogens is 1. The third-order valence-corrected chi connectivity index (χ3v) is 4.63. The molecule has 24 heavy (non-hydrogen) atoms. The molecule has 0 aliphatic heterocycles. The van der Waals surface area contributed by atoms with E-state index in [-0.39, 0.29) is 12.0 Å². The van der Waals surface area contributed by atoms with Crippen molar-refractivity contribution in [2.24, 2.45) is 0 Å². The van der Waals surface area contributed by atoms with Crippen molar-refractivity contribution in [3.63, 3.8) is 0 Å². The van der Waals surface area contributed by atoms with Gasteiger partial charge in [-0.15, -0.1) is 0 Å². The Morgan fingerprint density at radius 1 is 0.958 bits per heavy atom. The summed E-state index contributed by atoms with van der Waals surface area (Å²) >= 11 is 0. The third-order valence-electron chi connectivity index (χ3n) is 4.63. The van der Waals surface area contributed by atoms with Gasteiger partial charge in [0.2, 0.25) is 0 Å². The van der Waals surface area contributed by atoms with E-state index in [1.165, 1.54) is 0 Å². The fourth-order valence-corrected chi connectivity index (χ4v) is 3.18. The summed E-state index contributed by atoms with van der Waals surface area (Å²) in [5.74, 6) is 1.10. The largest absolute Gasteiger partial charge is 0.490 e. The van der Waals surface area contributed by atoms with E-state index in [2.05, 4.69) is 4.98 Å². The molecule has 1 fully saturated rings. The first-order valence-corrected chi connectivity index (χ1v) is 7.90. The first kappa shape index (κ1) is 15.1. The van der Waals surface area contributed by atoms with Gasteiger partial charge in [0, 0.05) is 17.1 Å². The standard InChI is InChI=1S/C19H16F3NO/c20-19(21,22)15-3-1-12(2-4-15)14-10-17(11-14)24-16-5-6-18-13(9-16)7-8-23-18/h1-9,14,17,23H,10-11H2. The van der Waals surface area contributed by atoms with Crippen LogP contribution in [0.3, 0.4) is 0 Å². The Kier molecular flexibility index (Phi) is 3.52. The lowest BCUT2D eigenvalue weighted by molar-refractivity contribution is -0.137. The number of ether oxygens (including phenoxy) is 1. The minimum Gasteiger partial charge on any atom is -0.490 e. The van der Waals surface area contributed by atoms with Crippen LogP contribution in [0.4, 0.5) is 13.2 Å². The monoisotopic (exact) mass is 331 g/mol. The van der Waals surface area contributed by atoms with Crippen LogP contribution in [0.15, 0.2) is 54.7 Å². The average molecular weight is 331 g/mol. The zero-order valence-electron chi connectivity index (χ0n) is 12.8. The fraction of sp³-hybridized carbons (Fsp3) is 0.263. The molecule has 5 heteroatoms. The average Bonchev–Trinajstić information content (AvgIpc) is 2.97. The number of nitrogens with one attached hydrogen (secondary N) is 1. The first-order chi connectivity index (χ1) is 11.5. The number of fused-ring (bicyclic) bond motifs is 1. The van der Waals surface area contributed by atoms with Gasteiger partial charge in [-0.1, -0.05) is 12.1 Å². The van der Waals surface area contributed by atoms with E-state index in [4.69, 9.17) is 4.74 Å². The van der Waals surface area contributed by atoms with E-state index < -0.39 is 11.7 Å². The first-order valence-electron chi connectivity index (χ1n) is 7.90. The number of benzene rings is 2. The van der Waals surface area contributed by atoms with Crippen molar-refractivity contribution in [2.45, 2.75) is 31.0 Å². The van der Waals surface area contributed by atoms with Crippen LogP contribution >= 0.6 is 0 Å². The normalized spacial score (nSPS) is 20.8. The Morgan fingerprint density at radius 3 is 2.42 bits per heavy atom. The fourth-order valence-electron chi connectivity index (χ4n) is 3.18. The van der Waals surface area contributed by atoms with Gasteiger partial charge in [0.1, 0.15) is 5.75 Å². The zero-order chi connectivity index (χ0) is 16.7.